The minimum atomic E-state index is -1.47. The van der Waals surface area contributed by atoms with Gasteiger partial charge in [-0.15, -0.1) is 0 Å². The summed E-state index contributed by atoms with van der Waals surface area (Å²) in [5, 5.41) is 17.2. The fraction of sp³-hybridized carbons (Fsp3) is 0.0769. The number of aliphatic carboxylic acids is 2. The summed E-state index contributed by atoms with van der Waals surface area (Å²) in [5.41, 5.74) is 0.0925. The topological polar surface area (TPSA) is 83.8 Å². The summed E-state index contributed by atoms with van der Waals surface area (Å²) in [4.78, 5) is 21.2. The van der Waals surface area contributed by atoms with Gasteiger partial charge in [0.15, 0.2) is 0 Å². The van der Waals surface area contributed by atoms with Crippen LogP contribution in [0.1, 0.15) is 5.56 Å². The Morgan fingerprint density at radius 1 is 1.22 bits per heavy atom. The Morgan fingerprint density at radius 3 is 2.44 bits per heavy atom. The Hall–Kier alpha value is -2.56. The van der Waals surface area contributed by atoms with E-state index in [0.717, 1.165) is 11.6 Å². The van der Waals surface area contributed by atoms with Crippen molar-refractivity contribution >= 4 is 18.0 Å². The molecule has 2 N–H and O–H groups in total. The highest BCUT2D eigenvalue weighted by molar-refractivity contribution is 6.12. The van der Waals surface area contributed by atoms with Crippen LogP contribution < -0.4 is 4.74 Å². The standard InChI is InChI=1S/C13H12O5/c1-18-10-6-2-4-9(8-10)5-3-7-11(12(14)15)13(16)17/h2-8H,1H3,(H,14,15)(H,16,17). The molecule has 1 aromatic rings. The van der Waals surface area contributed by atoms with Crippen molar-refractivity contribution in [3.8, 4) is 5.75 Å². The number of benzene rings is 1. The van der Waals surface area contributed by atoms with Crippen LogP contribution in [0.25, 0.3) is 6.08 Å². The second-order valence-electron chi connectivity index (χ2n) is 3.33. The van der Waals surface area contributed by atoms with Crippen LogP contribution >= 0.6 is 0 Å². The lowest BCUT2D eigenvalue weighted by Crippen LogP contribution is -2.10. The summed E-state index contributed by atoms with van der Waals surface area (Å²) in [7, 11) is 1.54. The molecule has 0 heterocycles. The average molecular weight is 248 g/mol. The maximum Gasteiger partial charge on any atom is 0.343 e. The number of allylic oxidation sites excluding steroid dienone is 2. The van der Waals surface area contributed by atoms with Crippen molar-refractivity contribution in [3.05, 3.63) is 47.6 Å². The van der Waals surface area contributed by atoms with Crippen molar-refractivity contribution < 1.29 is 24.5 Å². The average Bonchev–Trinajstić information content (AvgIpc) is 2.34. The van der Waals surface area contributed by atoms with Gasteiger partial charge in [0.2, 0.25) is 0 Å². The van der Waals surface area contributed by atoms with Gasteiger partial charge in [-0.1, -0.05) is 24.3 Å². The summed E-state index contributed by atoms with van der Waals surface area (Å²) >= 11 is 0. The van der Waals surface area contributed by atoms with Gasteiger partial charge in [-0.3, -0.25) is 0 Å². The third-order valence-corrected chi connectivity index (χ3v) is 2.11. The number of carbonyl (C=O) groups is 2. The highest BCUT2D eigenvalue weighted by atomic mass is 16.5. The molecule has 0 spiro atoms. The van der Waals surface area contributed by atoms with E-state index < -0.39 is 17.5 Å². The van der Waals surface area contributed by atoms with E-state index in [2.05, 4.69) is 0 Å². The van der Waals surface area contributed by atoms with E-state index in [0.29, 0.717) is 5.75 Å². The summed E-state index contributed by atoms with van der Waals surface area (Å²) < 4.78 is 5.02. The minimum absolute atomic E-state index is 0.665. The van der Waals surface area contributed by atoms with Gasteiger partial charge in [0.1, 0.15) is 11.3 Å². The van der Waals surface area contributed by atoms with Crippen molar-refractivity contribution in [2.24, 2.45) is 0 Å². The highest BCUT2D eigenvalue weighted by Crippen LogP contribution is 2.13. The Bertz CT molecular complexity index is 498. The van der Waals surface area contributed by atoms with Crippen molar-refractivity contribution in [2.75, 3.05) is 7.11 Å². The van der Waals surface area contributed by atoms with E-state index in [1.54, 1.807) is 30.3 Å². The van der Waals surface area contributed by atoms with Crippen LogP contribution in [0, 0.1) is 0 Å². The van der Waals surface area contributed by atoms with Crippen LogP contribution in [0.4, 0.5) is 0 Å². The zero-order chi connectivity index (χ0) is 13.5. The Balaban J connectivity index is 2.89. The zero-order valence-electron chi connectivity index (χ0n) is 9.66. The Morgan fingerprint density at radius 2 is 1.89 bits per heavy atom. The van der Waals surface area contributed by atoms with Crippen LogP contribution in [0.2, 0.25) is 0 Å². The van der Waals surface area contributed by atoms with E-state index in [9.17, 15) is 9.59 Å². The maximum absolute atomic E-state index is 10.6. The first kappa shape index (κ1) is 13.5. The predicted octanol–water partition coefficient (Wildman–Crippen LogP) is 1.80. The van der Waals surface area contributed by atoms with Gasteiger partial charge in [0, 0.05) is 0 Å². The fourth-order valence-electron chi connectivity index (χ4n) is 1.23. The highest BCUT2D eigenvalue weighted by Gasteiger charge is 2.13. The zero-order valence-corrected chi connectivity index (χ0v) is 9.66. The molecule has 5 nitrogen and oxygen atoms in total. The number of rotatable bonds is 5. The second-order valence-corrected chi connectivity index (χ2v) is 3.33. The quantitative estimate of drug-likeness (QED) is 0.359. The predicted molar refractivity (Wildman–Crippen MR) is 65.4 cm³/mol. The fourth-order valence-corrected chi connectivity index (χ4v) is 1.23. The maximum atomic E-state index is 10.6. The molecule has 0 amide bonds. The van der Waals surface area contributed by atoms with Crippen molar-refractivity contribution in [1.29, 1.82) is 0 Å². The summed E-state index contributed by atoms with van der Waals surface area (Å²) in [6, 6.07) is 7.07. The van der Waals surface area contributed by atoms with E-state index in [4.69, 9.17) is 14.9 Å². The molecular weight excluding hydrogens is 236 g/mol. The SMILES string of the molecule is COc1cccc(C=CC=C(C(=O)O)C(=O)O)c1. The number of carboxylic acid groups (broad SMARTS) is 2. The Kier molecular flexibility index (Phi) is 4.68. The molecule has 5 heteroatoms. The van der Waals surface area contributed by atoms with E-state index >= 15 is 0 Å². The number of carboxylic acids is 2. The van der Waals surface area contributed by atoms with Crippen molar-refractivity contribution in [2.45, 2.75) is 0 Å². The molecule has 1 rings (SSSR count). The van der Waals surface area contributed by atoms with Crippen molar-refractivity contribution in [1.82, 2.24) is 0 Å². The molecule has 0 radical (unpaired) electrons. The first-order valence-corrected chi connectivity index (χ1v) is 5.03. The molecule has 0 atom stereocenters. The van der Waals surface area contributed by atoms with Crippen LogP contribution in [0.15, 0.2) is 42.0 Å². The van der Waals surface area contributed by atoms with Crippen LogP contribution in [0.3, 0.4) is 0 Å². The van der Waals surface area contributed by atoms with Gasteiger partial charge in [0.05, 0.1) is 7.11 Å². The van der Waals surface area contributed by atoms with E-state index in [1.807, 2.05) is 0 Å². The number of hydrogen-bond acceptors (Lipinski definition) is 3. The monoisotopic (exact) mass is 248 g/mol. The third-order valence-electron chi connectivity index (χ3n) is 2.11. The number of ether oxygens (including phenoxy) is 1. The smallest absolute Gasteiger partial charge is 0.343 e. The van der Waals surface area contributed by atoms with Crippen molar-refractivity contribution in [3.63, 3.8) is 0 Å². The molecule has 0 fully saturated rings. The lowest BCUT2D eigenvalue weighted by molar-refractivity contribution is -0.140. The second kappa shape index (κ2) is 6.24. The largest absolute Gasteiger partial charge is 0.497 e. The van der Waals surface area contributed by atoms with Gasteiger partial charge >= 0.3 is 11.9 Å². The Labute approximate surface area is 104 Å². The van der Waals surface area contributed by atoms with Crippen LogP contribution in [-0.2, 0) is 9.59 Å². The number of methoxy groups -OCH3 is 1. The normalized spacial score (nSPS) is 10.1. The van der Waals surface area contributed by atoms with Gasteiger partial charge < -0.3 is 14.9 Å². The lowest BCUT2D eigenvalue weighted by Gasteiger charge is -1.99. The molecule has 0 aliphatic rings. The van der Waals surface area contributed by atoms with Crippen LogP contribution in [-0.4, -0.2) is 29.3 Å². The molecule has 0 aliphatic heterocycles. The molecule has 1 aromatic carbocycles. The molecule has 0 bridgehead atoms. The third kappa shape index (κ3) is 3.79. The molecule has 18 heavy (non-hydrogen) atoms. The van der Waals surface area contributed by atoms with E-state index in [-0.39, 0.29) is 0 Å². The summed E-state index contributed by atoms with van der Waals surface area (Å²) in [5.74, 6) is -2.28. The molecule has 0 unspecified atom stereocenters. The minimum Gasteiger partial charge on any atom is -0.497 e. The number of hydrogen-bond donors (Lipinski definition) is 2. The van der Waals surface area contributed by atoms with Gasteiger partial charge in [-0.2, -0.15) is 0 Å². The molecule has 0 aliphatic carbocycles. The van der Waals surface area contributed by atoms with Crippen LogP contribution in [0.5, 0.6) is 5.75 Å². The first-order valence-electron chi connectivity index (χ1n) is 5.03. The summed E-state index contributed by atoms with van der Waals surface area (Å²) in [6.07, 6.45) is 3.99. The summed E-state index contributed by atoms with van der Waals surface area (Å²) in [6.45, 7) is 0. The van der Waals surface area contributed by atoms with Gasteiger partial charge in [-0.05, 0) is 23.8 Å². The van der Waals surface area contributed by atoms with E-state index in [1.165, 1.54) is 13.2 Å². The molecule has 0 aromatic heterocycles. The van der Waals surface area contributed by atoms with Gasteiger partial charge in [0.25, 0.3) is 0 Å². The van der Waals surface area contributed by atoms with Gasteiger partial charge in [-0.25, -0.2) is 9.59 Å². The molecule has 0 saturated carbocycles. The molecular formula is C13H12O5. The lowest BCUT2D eigenvalue weighted by atomic mass is 10.2. The first-order chi connectivity index (χ1) is 8.54. The molecule has 94 valence electrons. The molecule has 0 saturated heterocycles.